The van der Waals surface area contributed by atoms with Crippen molar-refractivity contribution in [2.75, 3.05) is 13.7 Å². The third-order valence-corrected chi connectivity index (χ3v) is 4.02. The minimum atomic E-state index is -0.464. The fourth-order valence-electron chi connectivity index (χ4n) is 2.77. The van der Waals surface area contributed by atoms with Gasteiger partial charge in [0.2, 0.25) is 11.8 Å². The summed E-state index contributed by atoms with van der Waals surface area (Å²) in [5, 5.41) is 2.86. The normalized spacial score (nSPS) is 16.9. The Morgan fingerprint density at radius 3 is 2.96 bits per heavy atom. The quantitative estimate of drug-likeness (QED) is 0.901. The highest BCUT2D eigenvalue weighted by Gasteiger charge is 2.35. The van der Waals surface area contributed by atoms with Crippen LogP contribution in [0.15, 0.2) is 41.1 Å². The number of nitrogens with zero attached hydrogens (tertiary/aromatic N) is 2. The molecular formula is C17H19N3O4. The number of rotatable bonds is 5. The first-order valence-corrected chi connectivity index (χ1v) is 7.80. The molecule has 1 aliphatic rings. The summed E-state index contributed by atoms with van der Waals surface area (Å²) in [6.45, 7) is 0.914. The molecule has 1 fully saturated rings. The predicted octanol–water partition coefficient (Wildman–Crippen LogP) is 1.60. The number of methoxy groups -OCH3 is 1. The SMILES string of the molecule is COc1ccc(CNC(=O)C2CCCN2C(=O)c2ccco2)cn1. The topological polar surface area (TPSA) is 84.7 Å². The molecule has 1 N–H and O–H groups in total. The molecule has 1 atom stereocenters. The largest absolute Gasteiger partial charge is 0.481 e. The number of carbonyl (C=O) groups excluding carboxylic acids is 2. The highest BCUT2D eigenvalue weighted by atomic mass is 16.5. The molecular weight excluding hydrogens is 310 g/mol. The number of pyridine rings is 1. The van der Waals surface area contributed by atoms with E-state index < -0.39 is 6.04 Å². The zero-order valence-corrected chi connectivity index (χ0v) is 13.4. The summed E-state index contributed by atoms with van der Waals surface area (Å²) in [6, 6.07) is 6.39. The molecule has 0 bridgehead atoms. The van der Waals surface area contributed by atoms with E-state index in [-0.39, 0.29) is 17.6 Å². The number of hydrogen-bond donors (Lipinski definition) is 1. The van der Waals surface area contributed by atoms with Crippen LogP contribution in [0.3, 0.4) is 0 Å². The zero-order valence-electron chi connectivity index (χ0n) is 13.4. The average Bonchev–Trinajstić information content (AvgIpc) is 3.31. The van der Waals surface area contributed by atoms with E-state index in [4.69, 9.17) is 9.15 Å². The Kier molecular flexibility index (Phi) is 4.79. The first kappa shape index (κ1) is 16.0. The Morgan fingerprint density at radius 2 is 2.29 bits per heavy atom. The van der Waals surface area contributed by atoms with Crippen molar-refractivity contribution < 1.29 is 18.7 Å². The molecule has 2 amide bonds. The molecule has 0 saturated carbocycles. The minimum absolute atomic E-state index is 0.164. The van der Waals surface area contributed by atoms with Crippen LogP contribution < -0.4 is 10.1 Å². The predicted molar refractivity (Wildman–Crippen MR) is 85.4 cm³/mol. The average molecular weight is 329 g/mol. The van der Waals surface area contributed by atoms with E-state index in [1.807, 2.05) is 6.07 Å². The van der Waals surface area contributed by atoms with Gasteiger partial charge in [-0.1, -0.05) is 6.07 Å². The molecule has 7 heteroatoms. The number of nitrogens with one attached hydrogen (secondary N) is 1. The lowest BCUT2D eigenvalue weighted by Crippen LogP contribution is -2.45. The van der Waals surface area contributed by atoms with E-state index in [9.17, 15) is 9.59 Å². The van der Waals surface area contributed by atoms with Crippen LogP contribution in [0.4, 0.5) is 0 Å². The van der Waals surface area contributed by atoms with Crippen LogP contribution in [0.2, 0.25) is 0 Å². The van der Waals surface area contributed by atoms with Gasteiger partial charge in [0.05, 0.1) is 13.4 Å². The van der Waals surface area contributed by atoms with Crippen LogP contribution in [0.25, 0.3) is 0 Å². The zero-order chi connectivity index (χ0) is 16.9. The van der Waals surface area contributed by atoms with Crippen LogP contribution in [-0.2, 0) is 11.3 Å². The van der Waals surface area contributed by atoms with Crippen LogP contribution in [0.5, 0.6) is 5.88 Å². The number of hydrogen-bond acceptors (Lipinski definition) is 5. The maximum absolute atomic E-state index is 12.4. The van der Waals surface area contributed by atoms with Crippen molar-refractivity contribution in [2.24, 2.45) is 0 Å². The van der Waals surface area contributed by atoms with E-state index in [1.54, 1.807) is 36.4 Å². The number of aromatic nitrogens is 1. The summed E-state index contributed by atoms with van der Waals surface area (Å²) in [5.41, 5.74) is 0.867. The van der Waals surface area contributed by atoms with Gasteiger partial charge in [0.15, 0.2) is 5.76 Å². The summed E-state index contributed by atoms with van der Waals surface area (Å²) in [5.74, 6) is 0.372. The molecule has 126 valence electrons. The smallest absolute Gasteiger partial charge is 0.290 e. The monoisotopic (exact) mass is 329 g/mol. The van der Waals surface area contributed by atoms with E-state index in [2.05, 4.69) is 10.3 Å². The van der Waals surface area contributed by atoms with Crippen LogP contribution >= 0.6 is 0 Å². The van der Waals surface area contributed by atoms with Crippen LogP contribution in [0, 0.1) is 0 Å². The molecule has 1 unspecified atom stereocenters. The maximum atomic E-state index is 12.4. The molecule has 3 rings (SSSR count). The van der Waals surface area contributed by atoms with Gasteiger partial charge in [-0.05, 0) is 30.5 Å². The van der Waals surface area contributed by atoms with Crippen LogP contribution in [-0.4, -0.2) is 41.4 Å². The number of ether oxygens (including phenoxy) is 1. The first-order chi connectivity index (χ1) is 11.7. The number of carbonyl (C=O) groups is 2. The Hall–Kier alpha value is -2.83. The van der Waals surface area contributed by atoms with E-state index in [0.717, 1.165) is 12.0 Å². The lowest BCUT2D eigenvalue weighted by atomic mass is 10.2. The van der Waals surface area contributed by atoms with Crippen LogP contribution in [0.1, 0.15) is 29.0 Å². The van der Waals surface area contributed by atoms with Gasteiger partial charge in [-0.2, -0.15) is 0 Å². The standard InChI is InChI=1S/C17H19N3O4/c1-23-15-7-6-12(10-18-15)11-19-16(21)13-4-2-8-20(13)17(22)14-5-3-9-24-14/h3,5-7,9-10,13H,2,4,8,11H2,1H3,(H,19,21). The summed E-state index contributed by atoms with van der Waals surface area (Å²) in [6.07, 6.45) is 4.56. The molecule has 0 radical (unpaired) electrons. The first-order valence-electron chi connectivity index (χ1n) is 7.80. The van der Waals surface area contributed by atoms with Crippen molar-refractivity contribution in [3.05, 3.63) is 48.0 Å². The fourth-order valence-corrected chi connectivity index (χ4v) is 2.77. The van der Waals surface area contributed by atoms with Gasteiger partial charge >= 0.3 is 0 Å². The van der Waals surface area contributed by atoms with E-state index in [1.165, 1.54) is 6.26 Å². The molecule has 3 heterocycles. The third-order valence-electron chi connectivity index (χ3n) is 4.02. The molecule has 1 aliphatic heterocycles. The van der Waals surface area contributed by atoms with Gasteiger partial charge in [-0.25, -0.2) is 4.98 Å². The lowest BCUT2D eigenvalue weighted by Gasteiger charge is -2.23. The van der Waals surface area contributed by atoms with Crippen molar-refractivity contribution in [2.45, 2.75) is 25.4 Å². The molecule has 1 saturated heterocycles. The van der Waals surface area contributed by atoms with Gasteiger partial charge in [0.25, 0.3) is 5.91 Å². The maximum Gasteiger partial charge on any atom is 0.290 e. The minimum Gasteiger partial charge on any atom is -0.481 e. The fraction of sp³-hybridized carbons (Fsp3) is 0.353. The number of likely N-dealkylation sites (tertiary alicyclic amines) is 1. The second-order valence-electron chi connectivity index (χ2n) is 5.56. The Balaban J connectivity index is 1.60. The second-order valence-corrected chi connectivity index (χ2v) is 5.56. The molecule has 0 spiro atoms. The molecule has 0 aliphatic carbocycles. The Morgan fingerprint density at radius 1 is 1.42 bits per heavy atom. The summed E-state index contributed by atoms with van der Waals surface area (Å²) < 4.78 is 10.1. The van der Waals surface area contributed by atoms with Crippen molar-refractivity contribution in [3.8, 4) is 5.88 Å². The molecule has 7 nitrogen and oxygen atoms in total. The summed E-state index contributed by atoms with van der Waals surface area (Å²) in [4.78, 5) is 30.5. The Bertz CT molecular complexity index is 697. The van der Waals surface area contributed by atoms with Crippen molar-refractivity contribution in [3.63, 3.8) is 0 Å². The lowest BCUT2D eigenvalue weighted by molar-refractivity contribution is -0.125. The van der Waals surface area contributed by atoms with Crippen molar-refractivity contribution >= 4 is 11.8 Å². The van der Waals surface area contributed by atoms with E-state index >= 15 is 0 Å². The molecule has 24 heavy (non-hydrogen) atoms. The Labute approximate surface area is 139 Å². The van der Waals surface area contributed by atoms with Crippen molar-refractivity contribution in [1.82, 2.24) is 15.2 Å². The second kappa shape index (κ2) is 7.16. The highest BCUT2D eigenvalue weighted by molar-refractivity contribution is 5.95. The molecule has 2 aromatic heterocycles. The number of amides is 2. The van der Waals surface area contributed by atoms with Gasteiger partial charge in [0, 0.05) is 25.4 Å². The van der Waals surface area contributed by atoms with Crippen molar-refractivity contribution in [1.29, 1.82) is 0 Å². The molecule has 0 aromatic carbocycles. The summed E-state index contributed by atoms with van der Waals surface area (Å²) in [7, 11) is 1.55. The molecule has 2 aromatic rings. The highest BCUT2D eigenvalue weighted by Crippen LogP contribution is 2.20. The van der Waals surface area contributed by atoms with Gasteiger partial charge in [0.1, 0.15) is 6.04 Å². The third kappa shape index (κ3) is 3.40. The number of furan rings is 1. The van der Waals surface area contributed by atoms with E-state index in [0.29, 0.717) is 25.4 Å². The van der Waals surface area contributed by atoms with Gasteiger partial charge in [-0.3, -0.25) is 9.59 Å². The summed E-state index contributed by atoms with van der Waals surface area (Å²) >= 11 is 0. The van der Waals surface area contributed by atoms with Gasteiger partial charge < -0.3 is 19.4 Å². The van der Waals surface area contributed by atoms with Gasteiger partial charge in [-0.15, -0.1) is 0 Å².